The first kappa shape index (κ1) is 23.9. The molecule has 0 aromatic heterocycles. The Morgan fingerprint density at radius 1 is 1.09 bits per heavy atom. The van der Waals surface area contributed by atoms with Crippen LogP contribution in [0.15, 0.2) is 0 Å². The van der Waals surface area contributed by atoms with E-state index in [9.17, 15) is 14.4 Å². The molecule has 3 aliphatic heterocycles. The van der Waals surface area contributed by atoms with Gasteiger partial charge in [-0.1, -0.05) is 32.1 Å². The van der Waals surface area contributed by atoms with Crippen LogP contribution in [0.25, 0.3) is 0 Å². The van der Waals surface area contributed by atoms with Gasteiger partial charge in [-0.2, -0.15) is 0 Å². The minimum Gasteiger partial charge on any atom is -0.396 e. The molecule has 3 N–H and O–H groups in total. The highest BCUT2D eigenvalue weighted by molar-refractivity contribution is 8.02. The van der Waals surface area contributed by atoms with Crippen LogP contribution < -0.4 is 10.6 Å². The Morgan fingerprint density at radius 3 is 2.50 bits per heavy atom. The molecule has 0 aromatic carbocycles. The third-order valence-corrected chi connectivity index (χ3v) is 10.3. The van der Waals surface area contributed by atoms with Crippen LogP contribution in [-0.2, 0) is 14.4 Å². The summed E-state index contributed by atoms with van der Waals surface area (Å²) in [6.45, 7) is 2.83. The summed E-state index contributed by atoms with van der Waals surface area (Å²) in [6.07, 6.45) is 10.6. The van der Waals surface area contributed by atoms with Crippen LogP contribution >= 0.6 is 11.8 Å². The van der Waals surface area contributed by atoms with Gasteiger partial charge in [-0.25, -0.2) is 0 Å². The van der Waals surface area contributed by atoms with E-state index in [1.54, 1.807) is 18.8 Å². The fourth-order valence-electron chi connectivity index (χ4n) is 6.80. The Bertz CT molecular complexity index is 743. The Labute approximate surface area is 195 Å². The van der Waals surface area contributed by atoms with Gasteiger partial charge in [0, 0.05) is 31.0 Å². The smallest absolute Gasteiger partial charge is 0.244 e. The number of hydrogen-bond donors (Lipinski definition) is 3. The van der Waals surface area contributed by atoms with E-state index in [-0.39, 0.29) is 41.0 Å². The average Bonchev–Trinajstić information content (AvgIpc) is 3.34. The van der Waals surface area contributed by atoms with E-state index in [1.165, 1.54) is 6.42 Å². The molecule has 0 radical (unpaired) electrons. The van der Waals surface area contributed by atoms with Crippen LogP contribution in [0.5, 0.6) is 0 Å². The molecule has 3 amide bonds. The van der Waals surface area contributed by atoms with Crippen LogP contribution in [0.4, 0.5) is 0 Å². The van der Waals surface area contributed by atoms with Crippen molar-refractivity contribution in [1.82, 2.24) is 15.5 Å². The van der Waals surface area contributed by atoms with Crippen LogP contribution in [0.3, 0.4) is 0 Å². The van der Waals surface area contributed by atoms with Crippen LogP contribution in [0.2, 0.25) is 0 Å². The molecule has 3 saturated heterocycles. The Morgan fingerprint density at radius 2 is 1.81 bits per heavy atom. The largest absolute Gasteiger partial charge is 0.396 e. The summed E-state index contributed by atoms with van der Waals surface area (Å²) < 4.78 is -0.802. The zero-order chi connectivity index (χ0) is 22.9. The molecule has 7 nitrogen and oxygen atoms in total. The molecular weight excluding hydrogens is 426 g/mol. The van der Waals surface area contributed by atoms with Gasteiger partial charge in [0.25, 0.3) is 0 Å². The zero-order valence-corrected chi connectivity index (χ0v) is 20.3. The Hall–Kier alpha value is -1.28. The lowest BCUT2D eigenvalue weighted by molar-refractivity contribution is -0.140. The Balaban J connectivity index is 1.59. The second-order valence-electron chi connectivity index (χ2n) is 10.4. The van der Waals surface area contributed by atoms with E-state index in [0.29, 0.717) is 6.54 Å². The SMILES string of the molecule is CNC(=O)[C@H]1[C@H]2C(=O)N(CCCCCCO)C(C(=O)NC3CCCCC3)C23CC[C@]1(C)S3. The molecule has 5 atom stereocenters. The number of carbonyl (C=O) groups is 3. The number of amides is 3. The van der Waals surface area contributed by atoms with Gasteiger partial charge in [-0.15, -0.1) is 11.8 Å². The average molecular weight is 466 g/mol. The van der Waals surface area contributed by atoms with Crippen molar-refractivity contribution in [3.05, 3.63) is 0 Å². The van der Waals surface area contributed by atoms with Crippen molar-refractivity contribution in [2.75, 3.05) is 20.2 Å². The topological polar surface area (TPSA) is 98.7 Å². The maximum atomic E-state index is 13.8. The third kappa shape index (κ3) is 3.95. The molecule has 4 aliphatic rings. The van der Waals surface area contributed by atoms with Crippen molar-refractivity contribution >= 4 is 29.5 Å². The molecule has 1 saturated carbocycles. The number of fused-ring (bicyclic) bond motifs is 1. The highest BCUT2D eigenvalue weighted by Crippen LogP contribution is 2.71. The van der Waals surface area contributed by atoms with Crippen LogP contribution in [0, 0.1) is 11.8 Å². The molecule has 32 heavy (non-hydrogen) atoms. The number of aliphatic hydroxyl groups excluding tert-OH is 1. The lowest BCUT2D eigenvalue weighted by Gasteiger charge is -2.35. The molecule has 4 rings (SSSR count). The maximum absolute atomic E-state index is 13.8. The standard InChI is InChI=1S/C24H39N3O4S/c1-23-12-13-24(32-23)18(17(23)20(29)25-2)22(31)27(14-8-3-4-9-15-28)19(24)21(30)26-16-10-6-5-7-11-16/h16-19,28H,3-15H2,1-2H3,(H,25,29)(H,26,30)/t17-,18+,19?,23+,24?/m1/s1. The second-order valence-corrected chi connectivity index (χ2v) is 12.3. The fourth-order valence-corrected chi connectivity index (χ4v) is 9.15. The highest BCUT2D eigenvalue weighted by atomic mass is 32.2. The van der Waals surface area contributed by atoms with E-state index < -0.39 is 16.7 Å². The van der Waals surface area contributed by atoms with E-state index in [2.05, 4.69) is 17.6 Å². The van der Waals surface area contributed by atoms with Crippen LogP contribution in [0.1, 0.15) is 77.6 Å². The monoisotopic (exact) mass is 465 g/mol. The van der Waals surface area contributed by atoms with E-state index in [1.807, 2.05) is 4.90 Å². The molecule has 1 aliphatic carbocycles. The molecule has 2 unspecified atom stereocenters. The lowest BCUT2D eigenvalue weighted by Crippen LogP contribution is -2.55. The second kappa shape index (κ2) is 9.53. The van der Waals surface area contributed by atoms with Crippen molar-refractivity contribution in [3.8, 4) is 0 Å². The number of nitrogens with one attached hydrogen (secondary N) is 2. The predicted molar refractivity (Wildman–Crippen MR) is 125 cm³/mol. The van der Waals surface area contributed by atoms with E-state index >= 15 is 0 Å². The minimum absolute atomic E-state index is 0.0134. The van der Waals surface area contributed by atoms with Gasteiger partial charge in [0.05, 0.1) is 16.6 Å². The van der Waals surface area contributed by atoms with Gasteiger partial charge in [-0.3, -0.25) is 14.4 Å². The number of rotatable bonds is 9. The predicted octanol–water partition coefficient (Wildman–Crippen LogP) is 2.22. The number of thioether (sulfide) groups is 1. The zero-order valence-electron chi connectivity index (χ0n) is 19.5. The van der Waals surface area contributed by atoms with Gasteiger partial charge in [-0.05, 0) is 45.4 Å². The van der Waals surface area contributed by atoms with Crippen molar-refractivity contribution < 1.29 is 19.5 Å². The van der Waals surface area contributed by atoms with E-state index in [4.69, 9.17) is 5.11 Å². The summed E-state index contributed by atoms with van der Waals surface area (Å²) in [5, 5.41) is 15.1. The first-order valence-corrected chi connectivity index (χ1v) is 13.3. The minimum atomic E-state index is -0.507. The Kier molecular flexibility index (Phi) is 7.11. The summed E-state index contributed by atoms with van der Waals surface area (Å²) in [4.78, 5) is 42.2. The van der Waals surface area contributed by atoms with Gasteiger partial charge in [0.15, 0.2) is 0 Å². The summed E-state index contributed by atoms with van der Waals surface area (Å²) in [6, 6.07) is -0.302. The maximum Gasteiger partial charge on any atom is 0.244 e. The van der Waals surface area contributed by atoms with Crippen molar-refractivity contribution in [2.45, 2.75) is 99.1 Å². The first-order chi connectivity index (χ1) is 15.4. The lowest BCUT2D eigenvalue weighted by atomic mass is 9.66. The van der Waals surface area contributed by atoms with Gasteiger partial charge >= 0.3 is 0 Å². The number of hydrogen-bond acceptors (Lipinski definition) is 5. The molecule has 4 fully saturated rings. The van der Waals surface area contributed by atoms with Gasteiger partial charge in [0.1, 0.15) is 6.04 Å². The summed E-state index contributed by atoms with van der Waals surface area (Å²) in [7, 11) is 1.64. The van der Waals surface area contributed by atoms with Crippen LogP contribution in [-0.4, -0.2) is 69.5 Å². The molecule has 1 spiro atoms. The third-order valence-electron chi connectivity index (χ3n) is 8.31. The van der Waals surface area contributed by atoms with E-state index in [0.717, 1.165) is 64.2 Å². The molecular formula is C24H39N3O4S. The highest BCUT2D eigenvalue weighted by Gasteiger charge is 2.76. The molecule has 2 bridgehead atoms. The van der Waals surface area contributed by atoms with Gasteiger partial charge < -0.3 is 20.6 Å². The number of unbranched alkanes of at least 4 members (excludes halogenated alkanes) is 3. The summed E-state index contributed by atoms with van der Waals surface area (Å²) in [5.74, 6) is -0.914. The number of nitrogens with zero attached hydrogens (tertiary/aromatic N) is 1. The van der Waals surface area contributed by atoms with Gasteiger partial charge in [0.2, 0.25) is 17.7 Å². The summed E-state index contributed by atoms with van der Waals surface area (Å²) >= 11 is 1.74. The molecule has 180 valence electrons. The quantitative estimate of drug-likeness (QED) is 0.454. The number of aliphatic hydroxyl groups is 1. The molecule has 8 heteroatoms. The number of likely N-dealkylation sites (tertiary alicyclic amines) is 1. The van der Waals surface area contributed by atoms with Crippen molar-refractivity contribution in [1.29, 1.82) is 0 Å². The first-order valence-electron chi connectivity index (χ1n) is 12.5. The van der Waals surface area contributed by atoms with Crippen molar-refractivity contribution in [3.63, 3.8) is 0 Å². The van der Waals surface area contributed by atoms with Crippen molar-refractivity contribution in [2.24, 2.45) is 11.8 Å². The number of carbonyl (C=O) groups excluding carboxylic acids is 3. The summed E-state index contributed by atoms with van der Waals surface area (Å²) in [5.41, 5.74) is 0. The molecule has 0 aromatic rings. The molecule has 3 heterocycles. The fraction of sp³-hybridized carbons (Fsp3) is 0.875. The normalized spacial score (nSPS) is 36.4.